The number of guanidine groups is 1. The van der Waals surface area contributed by atoms with Crippen molar-refractivity contribution in [3.8, 4) is 0 Å². The van der Waals surface area contributed by atoms with Gasteiger partial charge in [-0.1, -0.05) is 6.07 Å². The van der Waals surface area contributed by atoms with Gasteiger partial charge in [-0.25, -0.2) is 0 Å². The minimum atomic E-state index is -4.19. The molecule has 3 rings (SSSR count). The number of nitrogens with zero attached hydrogens (tertiary/aromatic N) is 6. The SMILES string of the molecule is CCNC(=NCCc1nnc2ccccn12)N1CCN(C(C)C(F)(F)F)CC1.I. The van der Waals surface area contributed by atoms with Crippen molar-refractivity contribution >= 4 is 35.6 Å². The van der Waals surface area contributed by atoms with Gasteiger partial charge in [-0.2, -0.15) is 13.2 Å². The van der Waals surface area contributed by atoms with Gasteiger partial charge in [0.05, 0.1) is 0 Å². The fraction of sp³-hybridized carbons (Fsp3) is 0.611. The zero-order valence-electron chi connectivity index (χ0n) is 16.6. The second-order valence-corrected chi connectivity index (χ2v) is 6.77. The van der Waals surface area contributed by atoms with E-state index >= 15 is 0 Å². The summed E-state index contributed by atoms with van der Waals surface area (Å²) in [6.07, 6.45) is -1.65. The van der Waals surface area contributed by atoms with Crippen molar-refractivity contribution in [2.45, 2.75) is 32.5 Å². The van der Waals surface area contributed by atoms with Crippen molar-refractivity contribution in [3.63, 3.8) is 0 Å². The molecule has 0 amide bonds. The van der Waals surface area contributed by atoms with Crippen LogP contribution in [0.15, 0.2) is 29.4 Å². The molecule has 1 unspecified atom stereocenters. The lowest BCUT2D eigenvalue weighted by molar-refractivity contribution is -0.181. The Morgan fingerprint density at radius 3 is 2.59 bits per heavy atom. The van der Waals surface area contributed by atoms with Crippen LogP contribution in [0.25, 0.3) is 5.65 Å². The normalized spacial score (nSPS) is 17.3. The Balaban J connectivity index is 0.00000300. The molecule has 7 nitrogen and oxygen atoms in total. The lowest BCUT2D eigenvalue weighted by atomic mass is 10.2. The summed E-state index contributed by atoms with van der Waals surface area (Å²) in [5, 5.41) is 11.6. The highest BCUT2D eigenvalue weighted by atomic mass is 127. The molecule has 162 valence electrons. The first kappa shape index (κ1) is 23.6. The largest absolute Gasteiger partial charge is 0.403 e. The van der Waals surface area contributed by atoms with Gasteiger partial charge in [-0.15, -0.1) is 34.2 Å². The van der Waals surface area contributed by atoms with Gasteiger partial charge in [-0.05, 0) is 26.0 Å². The van der Waals surface area contributed by atoms with Crippen LogP contribution in [0.4, 0.5) is 13.2 Å². The van der Waals surface area contributed by atoms with Gasteiger partial charge in [0.1, 0.15) is 11.9 Å². The topological polar surface area (TPSA) is 61.1 Å². The molecule has 1 aliphatic heterocycles. The lowest BCUT2D eigenvalue weighted by Crippen LogP contribution is -2.56. The zero-order chi connectivity index (χ0) is 20.1. The van der Waals surface area contributed by atoms with Crippen LogP contribution >= 0.6 is 24.0 Å². The molecule has 0 bridgehead atoms. The van der Waals surface area contributed by atoms with E-state index in [1.165, 1.54) is 11.8 Å². The van der Waals surface area contributed by atoms with Crippen LogP contribution in [0.1, 0.15) is 19.7 Å². The number of pyridine rings is 1. The van der Waals surface area contributed by atoms with Crippen molar-refractivity contribution in [1.29, 1.82) is 0 Å². The first-order chi connectivity index (χ1) is 13.4. The minimum Gasteiger partial charge on any atom is -0.357 e. The number of piperazine rings is 1. The maximum atomic E-state index is 12.9. The average Bonchev–Trinajstić information content (AvgIpc) is 3.09. The molecular weight excluding hydrogens is 498 g/mol. The van der Waals surface area contributed by atoms with Gasteiger partial charge in [0, 0.05) is 51.9 Å². The number of aromatic nitrogens is 3. The number of hydrogen-bond acceptors (Lipinski definition) is 4. The number of aliphatic imine (C=N–C) groups is 1. The second kappa shape index (κ2) is 10.4. The number of nitrogens with one attached hydrogen (secondary N) is 1. The maximum absolute atomic E-state index is 12.9. The molecular formula is C18H27F3IN7. The predicted molar refractivity (Wildman–Crippen MR) is 117 cm³/mol. The van der Waals surface area contributed by atoms with Gasteiger partial charge in [0.25, 0.3) is 0 Å². The molecule has 1 saturated heterocycles. The molecule has 1 N–H and O–H groups in total. The molecule has 0 radical (unpaired) electrons. The van der Waals surface area contributed by atoms with Crippen molar-refractivity contribution in [2.75, 3.05) is 39.3 Å². The molecule has 2 aromatic rings. The number of hydrogen-bond donors (Lipinski definition) is 1. The van der Waals surface area contributed by atoms with Crippen molar-refractivity contribution in [2.24, 2.45) is 4.99 Å². The highest BCUT2D eigenvalue weighted by Gasteiger charge is 2.41. The molecule has 3 heterocycles. The Morgan fingerprint density at radius 2 is 1.93 bits per heavy atom. The Kier molecular flexibility index (Phi) is 8.49. The van der Waals surface area contributed by atoms with Crippen LogP contribution in [-0.2, 0) is 6.42 Å². The van der Waals surface area contributed by atoms with Crippen molar-refractivity contribution in [1.82, 2.24) is 29.7 Å². The first-order valence-electron chi connectivity index (χ1n) is 9.53. The van der Waals surface area contributed by atoms with Crippen LogP contribution in [0, 0.1) is 0 Å². The smallest absolute Gasteiger partial charge is 0.357 e. The predicted octanol–water partition coefficient (Wildman–Crippen LogP) is 2.42. The van der Waals surface area contributed by atoms with E-state index in [0.717, 1.165) is 17.4 Å². The van der Waals surface area contributed by atoms with E-state index in [4.69, 9.17) is 0 Å². The van der Waals surface area contributed by atoms with Crippen LogP contribution in [0.2, 0.25) is 0 Å². The van der Waals surface area contributed by atoms with E-state index in [-0.39, 0.29) is 24.0 Å². The molecule has 0 aromatic carbocycles. The molecule has 1 aliphatic rings. The molecule has 11 heteroatoms. The number of fused-ring (bicyclic) bond motifs is 1. The summed E-state index contributed by atoms with van der Waals surface area (Å²) < 4.78 is 40.7. The maximum Gasteiger partial charge on any atom is 0.403 e. The molecule has 1 atom stereocenters. The van der Waals surface area contributed by atoms with Gasteiger partial charge in [0.2, 0.25) is 0 Å². The third-order valence-electron chi connectivity index (χ3n) is 4.95. The summed E-state index contributed by atoms with van der Waals surface area (Å²) in [7, 11) is 0. The van der Waals surface area contributed by atoms with Gasteiger partial charge in [-0.3, -0.25) is 14.3 Å². The minimum absolute atomic E-state index is 0. The van der Waals surface area contributed by atoms with Gasteiger partial charge >= 0.3 is 6.18 Å². The summed E-state index contributed by atoms with van der Waals surface area (Å²) in [4.78, 5) is 8.14. The number of halogens is 4. The van der Waals surface area contributed by atoms with E-state index in [0.29, 0.717) is 45.7 Å². The van der Waals surface area contributed by atoms with Gasteiger partial charge in [0.15, 0.2) is 11.6 Å². The summed E-state index contributed by atoms with van der Waals surface area (Å²) in [5.74, 6) is 1.56. The Bertz CT molecular complexity index is 800. The second-order valence-electron chi connectivity index (χ2n) is 6.77. The van der Waals surface area contributed by atoms with Crippen molar-refractivity contribution in [3.05, 3.63) is 30.2 Å². The molecule has 0 spiro atoms. The van der Waals surface area contributed by atoms with Gasteiger partial charge < -0.3 is 10.2 Å². The van der Waals surface area contributed by atoms with E-state index in [9.17, 15) is 13.2 Å². The van der Waals surface area contributed by atoms with E-state index in [2.05, 4.69) is 20.5 Å². The molecule has 2 aromatic heterocycles. The monoisotopic (exact) mass is 525 g/mol. The zero-order valence-corrected chi connectivity index (χ0v) is 18.9. The Morgan fingerprint density at radius 1 is 1.21 bits per heavy atom. The Labute approximate surface area is 185 Å². The number of rotatable bonds is 5. The van der Waals surface area contributed by atoms with Crippen LogP contribution in [-0.4, -0.2) is 81.8 Å². The number of alkyl halides is 3. The first-order valence-corrected chi connectivity index (χ1v) is 9.53. The summed E-state index contributed by atoms with van der Waals surface area (Å²) in [6, 6.07) is 4.31. The summed E-state index contributed by atoms with van der Waals surface area (Å²) >= 11 is 0. The van der Waals surface area contributed by atoms with E-state index in [1.807, 2.05) is 40.6 Å². The summed E-state index contributed by atoms with van der Waals surface area (Å²) in [6.45, 7) is 6.17. The van der Waals surface area contributed by atoms with Crippen LogP contribution in [0.5, 0.6) is 0 Å². The van der Waals surface area contributed by atoms with Crippen LogP contribution < -0.4 is 5.32 Å². The lowest BCUT2D eigenvalue weighted by Gasteiger charge is -2.39. The van der Waals surface area contributed by atoms with Crippen LogP contribution in [0.3, 0.4) is 0 Å². The van der Waals surface area contributed by atoms with E-state index in [1.54, 1.807) is 0 Å². The van der Waals surface area contributed by atoms with E-state index < -0.39 is 12.2 Å². The Hall–Kier alpha value is -1.63. The fourth-order valence-electron chi connectivity index (χ4n) is 3.28. The third-order valence-corrected chi connectivity index (χ3v) is 4.95. The summed E-state index contributed by atoms with van der Waals surface area (Å²) in [5.41, 5.74) is 0.795. The molecule has 29 heavy (non-hydrogen) atoms. The molecule has 0 aliphatic carbocycles. The quantitative estimate of drug-likeness (QED) is 0.370. The third kappa shape index (κ3) is 5.93. The highest BCUT2D eigenvalue weighted by Crippen LogP contribution is 2.25. The molecule has 1 fully saturated rings. The highest BCUT2D eigenvalue weighted by molar-refractivity contribution is 14.0. The molecule has 0 saturated carbocycles. The standard InChI is InChI=1S/C18H26F3N7.HI/c1-3-22-17(27-12-10-26(11-13-27)14(2)18(19,20)21)23-8-7-16-25-24-15-6-4-5-9-28(15)16;/h4-6,9,14H,3,7-8,10-13H2,1-2H3,(H,22,23);1H. The average molecular weight is 525 g/mol. The van der Waals surface area contributed by atoms with Crippen molar-refractivity contribution < 1.29 is 13.2 Å². The fourth-order valence-corrected chi connectivity index (χ4v) is 3.28.